The molecule has 4 heteroatoms. The zero-order valence-electron chi connectivity index (χ0n) is 10.4. The molecule has 0 saturated heterocycles. The van der Waals surface area contributed by atoms with Crippen LogP contribution in [0.2, 0.25) is 0 Å². The first-order valence-corrected chi connectivity index (χ1v) is 7.17. The Labute approximate surface area is 116 Å². The number of benzene rings is 2. The van der Waals surface area contributed by atoms with Gasteiger partial charge in [0.25, 0.3) is 0 Å². The van der Waals surface area contributed by atoms with E-state index in [9.17, 15) is 0 Å². The van der Waals surface area contributed by atoms with Crippen LogP contribution in [0.4, 0.5) is 5.69 Å². The minimum atomic E-state index is 0.0551. The van der Waals surface area contributed by atoms with Crippen LogP contribution in [0.15, 0.2) is 53.4 Å². The van der Waals surface area contributed by atoms with E-state index in [0.717, 1.165) is 27.8 Å². The molecule has 1 unspecified atom stereocenters. The lowest BCUT2D eigenvalue weighted by Crippen LogP contribution is -2.31. The maximum Gasteiger partial charge on any atom is 0.161 e. The van der Waals surface area contributed by atoms with E-state index in [2.05, 4.69) is 0 Å². The van der Waals surface area contributed by atoms with Crippen molar-refractivity contribution in [3.8, 4) is 11.5 Å². The lowest BCUT2D eigenvalue weighted by atomic mass is 10.3. The number of para-hydroxylation sites is 3. The van der Waals surface area contributed by atoms with Gasteiger partial charge in [-0.15, -0.1) is 11.8 Å². The molecule has 1 atom stereocenters. The van der Waals surface area contributed by atoms with Crippen LogP contribution in [-0.2, 0) is 0 Å². The van der Waals surface area contributed by atoms with Gasteiger partial charge in [0.05, 0.1) is 0 Å². The van der Waals surface area contributed by atoms with Gasteiger partial charge in [0, 0.05) is 16.3 Å². The lowest BCUT2D eigenvalue weighted by molar-refractivity contribution is 0.107. The van der Waals surface area contributed by atoms with E-state index in [1.807, 2.05) is 48.5 Å². The van der Waals surface area contributed by atoms with Gasteiger partial charge >= 0.3 is 0 Å². The van der Waals surface area contributed by atoms with E-state index in [-0.39, 0.29) is 6.10 Å². The molecule has 2 aromatic rings. The van der Waals surface area contributed by atoms with Crippen LogP contribution in [0.3, 0.4) is 0 Å². The van der Waals surface area contributed by atoms with Crippen LogP contribution in [0.25, 0.3) is 0 Å². The number of anilines is 1. The number of fused-ring (bicyclic) bond motifs is 1. The topological polar surface area (TPSA) is 44.5 Å². The average molecular weight is 273 g/mol. The van der Waals surface area contributed by atoms with Crippen molar-refractivity contribution in [2.45, 2.75) is 11.0 Å². The number of nitrogen functional groups attached to an aromatic ring is 1. The monoisotopic (exact) mass is 273 g/mol. The second-order valence-electron chi connectivity index (χ2n) is 4.35. The molecule has 0 aromatic heterocycles. The van der Waals surface area contributed by atoms with Gasteiger partial charge in [0.1, 0.15) is 12.7 Å². The van der Waals surface area contributed by atoms with Crippen molar-refractivity contribution in [2.24, 2.45) is 0 Å². The molecule has 0 bridgehead atoms. The number of ether oxygens (including phenoxy) is 2. The summed E-state index contributed by atoms with van der Waals surface area (Å²) in [4.78, 5) is 1.09. The fourth-order valence-electron chi connectivity index (χ4n) is 1.94. The highest BCUT2D eigenvalue weighted by atomic mass is 32.2. The molecule has 3 rings (SSSR count). The van der Waals surface area contributed by atoms with Crippen LogP contribution in [0, 0.1) is 0 Å². The SMILES string of the molecule is Nc1ccccc1SCC1COc2ccccc2O1. The molecule has 0 amide bonds. The molecule has 1 heterocycles. The Hall–Kier alpha value is -1.81. The Morgan fingerprint density at radius 3 is 2.63 bits per heavy atom. The highest BCUT2D eigenvalue weighted by molar-refractivity contribution is 7.99. The predicted octanol–water partition coefficient (Wildman–Crippen LogP) is 3.20. The quantitative estimate of drug-likeness (QED) is 0.689. The number of thioether (sulfide) groups is 1. The summed E-state index contributed by atoms with van der Waals surface area (Å²) in [5.74, 6) is 2.46. The van der Waals surface area contributed by atoms with Crippen LogP contribution in [0.1, 0.15) is 0 Å². The highest BCUT2D eigenvalue weighted by Crippen LogP contribution is 2.33. The van der Waals surface area contributed by atoms with Crippen molar-refractivity contribution in [2.75, 3.05) is 18.1 Å². The Morgan fingerprint density at radius 2 is 1.79 bits per heavy atom. The molecule has 0 spiro atoms. The molecule has 98 valence electrons. The molecular formula is C15H15NO2S. The van der Waals surface area contributed by atoms with Gasteiger partial charge in [-0.25, -0.2) is 0 Å². The van der Waals surface area contributed by atoms with E-state index in [0.29, 0.717) is 6.61 Å². The standard InChI is InChI=1S/C15H15NO2S/c16-12-5-1-4-8-15(12)19-10-11-9-17-13-6-2-3-7-14(13)18-11/h1-8,11H,9-10,16H2. The molecule has 1 aliphatic rings. The van der Waals surface area contributed by atoms with Crippen molar-refractivity contribution in [1.29, 1.82) is 0 Å². The van der Waals surface area contributed by atoms with E-state index in [4.69, 9.17) is 15.2 Å². The average Bonchev–Trinajstić information content (AvgIpc) is 2.46. The Bertz CT molecular complexity index is 574. The molecular weight excluding hydrogens is 258 g/mol. The number of hydrogen-bond acceptors (Lipinski definition) is 4. The van der Waals surface area contributed by atoms with E-state index in [1.165, 1.54) is 0 Å². The zero-order chi connectivity index (χ0) is 13.1. The highest BCUT2D eigenvalue weighted by Gasteiger charge is 2.20. The predicted molar refractivity (Wildman–Crippen MR) is 77.9 cm³/mol. The third-order valence-electron chi connectivity index (χ3n) is 2.91. The molecule has 0 fully saturated rings. The van der Waals surface area contributed by atoms with Crippen molar-refractivity contribution in [1.82, 2.24) is 0 Å². The molecule has 0 saturated carbocycles. The number of rotatable bonds is 3. The summed E-state index contributed by atoms with van der Waals surface area (Å²) in [6.07, 6.45) is 0.0551. The molecule has 0 aliphatic carbocycles. The van der Waals surface area contributed by atoms with Crippen LogP contribution < -0.4 is 15.2 Å². The summed E-state index contributed by atoms with van der Waals surface area (Å²) in [5, 5.41) is 0. The third-order valence-corrected chi connectivity index (χ3v) is 4.13. The smallest absolute Gasteiger partial charge is 0.161 e. The van der Waals surface area contributed by atoms with Gasteiger partial charge in [-0.3, -0.25) is 0 Å². The summed E-state index contributed by atoms with van der Waals surface area (Å²) in [6, 6.07) is 15.6. The van der Waals surface area contributed by atoms with Gasteiger partial charge in [0.2, 0.25) is 0 Å². The maximum absolute atomic E-state index is 5.92. The second-order valence-corrected chi connectivity index (χ2v) is 5.41. The summed E-state index contributed by atoms with van der Waals surface area (Å²) >= 11 is 1.70. The first-order valence-electron chi connectivity index (χ1n) is 6.19. The van der Waals surface area contributed by atoms with Crippen molar-refractivity contribution in [3.05, 3.63) is 48.5 Å². The minimum absolute atomic E-state index is 0.0551. The third kappa shape index (κ3) is 2.79. The fraction of sp³-hybridized carbons (Fsp3) is 0.200. The maximum atomic E-state index is 5.92. The van der Waals surface area contributed by atoms with E-state index in [1.54, 1.807) is 11.8 Å². The van der Waals surface area contributed by atoms with E-state index < -0.39 is 0 Å². The molecule has 1 aliphatic heterocycles. The largest absolute Gasteiger partial charge is 0.486 e. The molecule has 19 heavy (non-hydrogen) atoms. The number of hydrogen-bond donors (Lipinski definition) is 1. The summed E-state index contributed by atoms with van der Waals surface area (Å²) in [6.45, 7) is 0.580. The van der Waals surface area contributed by atoms with Gasteiger partial charge in [-0.05, 0) is 24.3 Å². The van der Waals surface area contributed by atoms with Crippen molar-refractivity contribution in [3.63, 3.8) is 0 Å². The van der Waals surface area contributed by atoms with Gasteiger partial charge in [0.15, 0.2) is 11.5 Å². The first kappa shape index (κ1) is 12.2. The summed E-state index contributed by atoms with van der Waals surface area (Å²) in [5.41, 5.74) is 6.73. The van der Waals surface area contributed by atoms with Crippen molar-refractivity contribution < 1.29 is 9.47 Å². The molecule has 0 radical (unpaired) electrons. The minimum Gasteiger partial charge on any atom is -0.486 e. The van der Waals surface area contributed by atoms with Crippen LogP contribution in [-0.4, -0.2) is 18.5 Å². The first-order chi connectivity index (χ1) is 9.33. The lowest BCUT2D eigenvalue weighted by Gasteiger charge is -2.26. The number of nitrogens with two attached hydrogens (primary N) is 1. The molecule has 3 nitrogen and oxygen atoms in total. The Balaban J connectivity index is 1.62. The second kappa shape index (κ2) is 5.45. The summed E-state index contributed by atoms with van der Waals surface area (Å²) in [7, 11) is 0. The normalized spacial score (nSPS) is 17.2. The molecule has 2 N–H and O–H groups in total. The van der Waals surface area contributed by atoms with Gasteiger partial charge < -0.3 is 15.2 Å². The summed E-state index contributed by atoms with van der Waals surface area (Å²) < 4.78 is 11.6. The van der Waals surface area contributed by atoms with Crippen LogP contribution >= 0.6 is 11.8 Å². The van der Waals surface area contributed by atoms with Gasteiger partial charge in [-0.2, -0.15) is 0 Å². The Morgan fingerprint density at radius 1 is 1.05 bits per heavy atom. The Kier molecular flexibility index (Phi) is 3.51. The van der Waals surface area contributed by atoms with Gasteiger partial charge in [-0.1, -0.05) is 24.3 Å². The zero-order valence-corrected chi connectivity index (χ0v) is 11.2. The van der Waals surface area contributed by atoms with Crippen LogP contribution in [0.5, 0.6) is 11.5 Å². The molecule has 2 aromatic carbocycles. The van der Waals surface area contributed by atoms with E-state index >= 15 is 0 Å². The fourth-order valence-corrected chi connectivity index (χ4v) is 2.88. The van der Waals surface area contributed by atoms with Crippen molar-refractivity contribution >= 4 is 17.4 Å².